The fourth-order valence-electron chi connectivity index (χ4n) is 1.49. The number of rotatable bonds is 3. The molecule has 0 fully saturated rings. The van der Waals surface area contributed by atoms with Crippen molar-refractivity contribution in [1.82, 2.24) is 4.81 Å². The van der Waals surface area contributed by atoms with E-state index in [2.05, 4.69) is 39.0 Å². The predicted molar refractivity (Wildman–Crippen MR) is 62.5 cm³/mol. The van der Waals surface area contributed by atoms with Gasteiger partial charge in [-0.3, -0.25) is 0 Å². The quantitative estimate of drug-likeness (QED) is 0.657. The lowest BCUT2D eigenvalue weighted by Crippen LogP contribution is -2.14. The largest absolute Gasteiger partial charge is 0.352 e. The molecule has 2 heteroatoms. The van der Waals surface area contributed by atoms with Crippen LogP contribution in [0.5, 0.6) is 0 Å². The van der Waals surface area contributed by atoms with Gasteiger partial charge in [-0.15, -0.1) is 0 Å². The molecule has 0 aliphatic carbocycles. The third-order valence-corrected chi connectivity index (χ3v) is 2.46. The molecule has 2 radical (unpaired) electrons. The van der Waals surface area contributed by atoms with Gasteiger partial charge in [0.2, 0.25) is 0 Å². The SMILES string of the molecule is [B]N(C)Cc1cc(C(C)C)ccc1C. The Morgan fingerprint density at radius 3 is 2.50 bits per heavy atom. The number of hydrogen-bond acceptors (Lipinski definition) is 1. The van der Waals surface area contributed by atoms with Crippen LogP contribution in [0, 0.1) is 6.92 Å². The van der Waals surface area contributed by atoms with Crippen LogP contribution >= 0.6 is 0 Å². The molecule has 1 aromatic carbocycles. The molecule has 1 nitrogen and oxygen atoms in total. The first-order valence-electron chi connectivity index (χ1n) is 5.06. The highest BCUT2D eigenvalue weighted by Gasteiger charge is 2.04. The molecule has 0 aliphatic rings. The molecule has 0 amide bonds. The first-order chi connectivity index (χ1) is 6.50. The van der Waals surface area contributed by atoms with Crippen LogP contribution in [0.1, 0.15) is 36.5 Å². The highest BCUT2D eigenvalue weighted by atomic mass is 15.0. The van der Waals surface area contributed by atoms with Gasteiger partial charge >= 0.3 is 0 Å². The molecule has 0 spiro atoms. The second-order valence-corrected chi connectivity index (χ2v) is 4.26. The molecule has 0 atom stereocenters. The molecule has 0 saturated heterocycles. The van der Waals surface area contributed by atoms with E-state index in [0.29, 0.717) is 5.92 Å². The van der Waals surface area contributed by atoms with E-state index in [0.717, 1.165) is 6.54 Å². The van der Waals surface area contributed by atoms with Crippen molar-refractivity contribution in [3.63, 3.8) is 0 Å². The summed E-state index contributed by atoms with van der Waals surface area (Å²) in [5.41, 5.74) is 4.01. The van der Waals surface area contributed by atoms with E-state index >= 15 is 0 Å². The second kappa shape index (κ2) is 4.65. The minimum Gasteiger partial charge on any atom is -0.352 e. The molecule has 1 rings (SSSR count). The Kier molecular flexibility index (Phi) is 3.76. The van der Waals surface area contributed by atoms with E-state index in [1.807, 2.05) is 7.05 Å². The van der Waals surface area contributed by atoms with Crippen molar-refractivity contribution in [2.24, 2.45) is 0 Å². The Balaban J connectivity index is 2.96. The molecule has 0 aromatic heterocycles. The number of aryl methyl sites for hydroxylation is 1. The van der Waals surface area contributed by atoms with Crippen molar-refractivity contribution in [2.75, 3.05) is 7.05 Å². The Bertz CT molecular complexity index is 305. The van der Waals surface area contributed by atoms with E-state index in [4.69, 9.17) is 7.98 Å². The standard InChI is InChI=1S/C12H18BN/c1-9(2)11-6-5-10(3)12(7-11)8-14(4)13/h5-7,9H,8H2,1-4H3. The van der Waals surface area contributed by atoms with Crippen molar-refractivity contribution in [3.8, 4) is 0 Å². The van der Waals surface area contributed by atoms with Gasteiger partial charge in [0.05, 0.1) is 0 Å². The first kappa shape index (κ1) is 11.3. The normalized spacial score (nSPS) is 11.3. The van der Waals surface area contributed by atoms with Gasteiger partial charge in [0, 0.05) is 6.54 Å². The van der Waals surface area contributed by atoms with Crippen LogP contribution in [0.2, 0.25) is 0 Å². The lowest BCUT2D eigenvalue weighted by Gasteiger charge is -2.15. The van der Waals surface area contributed by atoms with E-state index in [-0.39, 0.29) is 0 Å². The molecule has 0 saturated carbocycles. The van der Waals surface area contributed by atoms with Gasteiger partial charge in [0.25, 0.3) is 0 Å². The van der Waals surface area contributed by atoms with Gasteiger partial charge in [-0.25, -0.2) is 0 Å². The molecule has 0 N–H and O–H groups in total. The summed E-state index contributed by atoms with van der Waals surface area (Å²) in [7, 11) is 7.54. The van der Waals surface area contributed by atoms with Crippen LogP contribution in [0.3, 0.4) is 0 Å². The average Bonchev–Trinajstić information content (AvgIpc) is 2.07. The summed E-state index contributed by atoms with van der Waals surface area (Å²) in [6.45, 7) is 7.36. The number of nitrogens with zero attached hydrogens (tertiary/aromatic N) is 1. The van der Waals surface area contributed by atoms with E-state index in [9.17, 15) is 0 Å². The second-order valence-electron chi connectivity index (χ2n) is 4.26. The van der Waals surface area contributed by atoms with Crippen LogP contribution in [0.15, 0.2) is 18.2 Å². The molecule has 0 unspecified atom stereocenters. The van der Waals surface area contributed by atoms with Gasteiger partial charge in [-0.2, -0.15) is 0 Å². The number of hydrogen-bond donors (Lipinski definition) is 0. The molecule has 0 heterocycles. The van der Waals surface area contributed by atoms with Crippen molar-refractivity contribution >= 4 is 7.98 Å². The zero-order chi connectivity index (χ0) is 10.7. The van der Waals surface area contributed by atoms with Crippen LogP contribution in [0.4, 0.5) is 0 Å². The summed E-state index contributed by atoms with van der Waals surface area (Å²) in [4.78, 5) is 1.71. The Labute approximate surface area is 88.6 Å². The third kappa shape index (κ3) is 2.88. The van der Waals surface area contributed by atoms with E-state index in [1.54, 1.807) is 4.81 Å². The molecule has 14 heavy (non-hydrogen) atoms. The molecule has 1 aromatic rings. The predicted octanol–water partition coefficient (Wildman–Crippen LogP) is 2.63. The zero-order valence-electron chi connectivity index (χ0n) is 9.54. The van der Waals surface area contributed by atoms with Crippen LogP contribution in [-0.4, -0.2) is 19.8 Å². The lowest BCUT2D eigenvalue weighted by molar-refractivity contribution is 0.541. The first-order valence-corrected chi connectivity index (χ1v) is 5.06. The van der Waals surface area contributed by atoms with Crippen LogP contribution in [-0.2, 0) is 6.54 Å². The minimum atomic E-state index is 0.581. The third-order valence-electron chi connectivity index (χ3n) is 2.46. The highest BCUT2D eigenvalue weighted by molar-refractivity contribution is 6.04. The van der Waals surface area contributed by atoms with E-state index in [1.165, 1.54) is 16.7 Å². The average molecular weight is 187 g/mol. The maximum absolute atomic E-state index is 5.65. The summed E-state index contributed by atoms with van der Waals surface area (Å²) in [6.07, 6.45) is 0. The topological polar surface area (TPSA) is 3.24 Å². The fraction of sp³-hybridized carbons (Fsp3) is 0.500. The number of benzene rings is 1. The summed E-state index contributed by atoms with van der Waals surface area (Å²) in [5.74, 6) is 0.581. The molecule has 0 bridgehead atoms. The fourth-order valence-corrected chi connectivity index (χ4v) is 1.49. The summed E-state index contributed by atoms with van der Waals surface area (Å²) < 4.78 is 0. The minimum absolute atomic E-state index is 0.581. The maximum atomic E-state index is 5.65. The van der Waals surface area contributed by atoms with Crippen molar-refractivity contribution in [3.05, 3.63) is 34.9 Å². The summed E-state index contributed by atoms with van der Waals surface area (Å²) >= 11 is 0. The molecule has 0 aliphatic heterocycles. The van der Waals surface area contributed by atoms with Gasteiger partial charge in [0.1, 0.15) is 0 Å². The van der Waals surface area contributed by atoms with Gasteiger partial charge in [0.15, 0.2) is 7.98 Å². The van der Waals surface area contributed by atoms with Crippen molar-refractivity contribution in [2.45, 2.75) is 33.2 Å². The summed E-state index contributed by atoms with van der Waals surface area (Å²) in [6, 6.07) is 6.62. The van der Waals surface area contributed by atoms with Gasteiger partial charge in [-0.1, -0.05) is 32.0 Å². The molecule has 74 valence electrons. The van der Waals surface area contributed by atoms with Crippen LogP contribution in [0.25, 0.3) is 0 Å². The smallest absolute Gasteiger partial charge is 0.182 e. The highest BCUT2D eigenvalue weighted by Crippen LogP contribution is 2.19. The monoisotopic (exact) mass is 187 g/mol. The van der Waals surface area contributed by atoms with Crippen molar-refractivity contribution < 1.29 is 0 Å². The Hall–Kier alpha value is -0.755. The molecular weight excluding hydrogens is 169 g/mol. The molecular formula is C12H18BN. The van der Waals surface area contributed by atoms with Crippen molar-refractivity contribution in [1.29, 1.82) is 0 Å². The zero-order valence-corrected chi connectivity index (χ0v) is 9.54. The Morgan fingerprint density at radius 2 is 2.00 bits per heavy atom. The summed E-state index contributed by atoms with van der Waals surface area (Å²) in [5, 5.41) is 0. The van der Waals surface area contributed by atoms with E-state index < -0.39 is 0 Å². The van der Waals surface area contributed by atoms with Crippen LogP contribution < -0.4 is 0 Å². The van der Waals surface area contributed by atoms with Gasteiger partial charge < -0.3 is 4.81 Å². The lowest BCUT2D eigenvalue weighted by atomic mass is 9.97. The maximum Gasteiger partial charge on any atom is 0.182 e. The van der Waals surface area contributed by atoms with Gasteiger partial charge in [-0.05, 0) is 36.6 Å². The Morgan fingerprint density at radius 1 is 1.36 bits per heavy atom.